The minimum absolute atomic E-state index is 0.0488. The summed E-state index contributed by atoms with van der Waals surface area (Å²) in [4.78, 5) is 0. The van der Waals surface area contributed by atoms with E-state index in [0.717, 1.165) is 30.8 Å². The highest BCUT2D eigenvalue weighted by Crippen LogP contribution is 2.44. The van der Waals surface area contributed by atoms with Crippen molar-refractivity contribution in [2.75, 3.05) is 18.1 Å². The third-order valence-electron chi connectivity index (χ3n) is 4.56. The first kappa shape index (κ1) is 15.2. The average Bonchev–Trinajstić information content (AvgIpc) is 2.91. The van der Waals surface area contributed by atoms with Gasteiger partial charge < -0.3 is 4.74 Å². The predicted molar refractivity (Wildman–Crippen MR) is 79.8 cm³/mol. The van der Waals surface area contributed by atoms with Crippen LogP contribution in [0.1, 0.15) is 30.9 Å². The fourth-order valence-electron chi connectivity index (χ4n) is 3.48. The standard InChI is InChI=1S/C15H20F2N2OS/c16-11-2-1-3-12(17)13(11)14(19-18)10-4-6-20-15(8-10)5-7-21-9-15/h1-3,10,14,19H,4-9,18H2. The molecule has 3 nitrogen and oxygen atoms in total. The largest absolute Gasteiger partial charge is 0.374 e. The number of hydrogen-bond acceptors (Lipinski definition) is 4. The van der Waals surface area contributed by atoms with Crippen molar-refractivity contribution in [2.45, 2.75) is 30.9 Å². The Labute approximate surface area is 127 Å². The number of hydrazine groups is 1. The zero-order valence-electron chi connectivity index (χ0n) is 11.8. The zero-order valence-corrected chi connectivity index (χ0v) is 12.6. The Hall–Kier alpha value is -0.690. The molecule has 0 radical (unpaired) electrons. The molecule has 0 amide bonds. The number of benzene rings is 1. The second-order valence-corrected chi connectivity index (χ2v) is 6.97. The number of thioether (sulfide) groups is 1. The molecule has 6 heteroatoms. The van der Waals surface area contributed by atoms with Crippen molar-refractivity contribution in [3.05, 3.63) is 35.4 Å². The molecule has 1 spiro atoms. The molecule has 0 aromatic heterocycles. The second-order valence-electron chi connectivity index (χ2n) is 5.87. The summed E-state index contributed by atoms with van der Waals surface area (Å²) in [5, 5.41) is 0. The lowest BCUT2D eigenvalue weighted by Crippen LogP contribution is -2.45. The first-order chi connectivity index (χ1) is 10.2. The molecular formula is C15H20F2N2OS. The van der Waals surface area contributed by atoms with Gasteiger partial charge in [0.15, 0.2) is 0 Å². The quantitative estimate of drug-likeness (QED) is 0.665. The molecule has 2 heterocycles. The third-order valence-corrected chi connectivity index (χ3v) is 5.78. The molecule has 1 aromatic rings. The Morgan fingerprint density at radius 1 is 1.38 bits per heavy atom. The number of nitrogens with two attached hydrogens (primary N) is 1. The van der Waals surface area contributed by atoms with Crippen LogP contribution in [0.5, 0.6) is 0 Å². The van der Waals surface area contributed by atoms with Gasteiger partial charge in [-0.15, -0.1) is 0 Å². The molecular weight excluding hydrogens is 294 g/mol. The van der Waals surface area contributed by atoms with Gasteiger partial charge in [0.05, 0.1) is 11.6 Å². The van der Waals surface area contributed by atoms with E-state index >= 15 is 0 Å². The maximum atomic E-state index is 14.0. The van der Waals surface area contributed by atoms with E-state index in [9.17, 15) is 8.78 Å². The molecule has 3 unspecified atom stereocenters. The lowest BCUT2D eigenvalue weighted by molar-refractivity contribution is -0.0857. The lowest BCUT2D eigenvalue weighted by Gasteiger charge is -2.41. The van der Waals surface area contributed by atoms with E-state index in [0.29, 0.717) is 6.61 Å². The van der Waals surface area contributed by atoms with E-state index in [4.69, 9.17) is 10.6 Å². The Morgan fingerprint density at radius 2 is 2.14 bits per heavy atom. The molecule has 3 rings (SSSR count). The monoisotopic (exact) mass is 314 g/mol. The first-order valence-corrected chi connectivity index (χ1v) is 8.42. The molecule has 116 valence electrons. The summed E-state index contributed by atoms with van der Waals surface area (Å²) in [7, 11) is 0. The summed E-state index contributed by atoms with van der Waals surface area (Å²) in [5.41, 5.74) is 2.55. The predicted octanol–water partition coefficient (Wildman–Crippen LogP) is 2.77. The smallest absolute Gasteiger partial charge is 0.130 e. The maximum absolute atomic E-state index is 14.0. The maximum Gasteiger partial charge on any atom is 0.130 e. The van der Waals surface area contributed by atoms with Crippen LogP contribution in [0.4, 0.5) is 8.78 Å². The van der Waals surface area contributed by atoms with Crippen LogP contribution < -0.4 is 11.3 Å². The highest BCUT2D eigenvalue weighted by Gasteiger charge is 2.43. The summed E-state index contributed by atoms with van der Waals surface area (Å²) in [6, 6.07) is 3.42. The number of hydrogen-bond donors (Lipinski definition) is 2. The molecule has 0 saturated carbocycles. The van der Waals surface area contributed by atoms with E-state index < -0.39 is 17.7 Å². The van der Waals surface area contributed by atoms with Crippen molar-refractivity contribution in [1.29, 1.82) is 0 Å². The van der Waals surface area contributed by atoms with Gasteiger partial charge in [-0.25, -0.2) is 8.78 Å². The Balaban J connectivity index is 1.86. The van der Waals surface area contributed by atoms with Gasteiger partial charge >= 0.3 is 0 Å². The van der Waals surface area contributed by atoms with Crippen LogP contribution in [0.25, 0.3) is 0 Å². The van der Waals surface area contributed by atoms with Gasteiger partial charge in [-0.2, -0.15) is 11.8 Å². The van der Waals surface area contributed by atoms with Crippen LogP contribution in [0.15, 0.2) is 18.2 Å². The molecule has 21 heavy (non-hydrogen) atoms. The third kappa shape index (κ3) is 2.95. The minimum Gasteiger partial charge on any atom is -0.374 e. The van der Waals surface area contributed by atoms with Crippen molar-refractivity contribution in [3.63, 3.8) is 0 Å². The van der Waals surface area contributed by atoms with Gasteiger partial charge in [-0.1, -0.05) is 6.07 Å². The van der Waals surface area contributed by atoms with E-state index in [2.05, 4.69) is 5.43 Å². The molecule has 1 aromatic carbocycles. The fraction of sp³-hybridized carbons (Fsp3) is 0.600. The van der Waals surface area contributed by atoms with Crippen LogP contribution in [-0.2, 0) is 4.74 Å². The number of nitrogens with one attached hydrogen (secondary N) is 1. The lowest BCUT2D eigenvalue weighted by atomic mass is 9.79. The minimum atomic E-state index is -0.542. The SMILES string of the molecule is NNC(c1c(F)cccc1F)C1CCOC2(CCSC2)C1. The van der Waals surface area contributed by atoms with Gasteiger partial charge in [-0.3, -0.25) is 11.3 Å². The molecule has 2 aliphatic heterocycles. The van der Waals surface area contributed by atoms with Gasteiger partial charge in [0.1, 0.15) is 11.6 Å². The van der Waals surface area contributed by atoms with E-state index in [1.54, 1.807) is 0 Å². The summed E-state index contributed by atoms with van der Waals surface area (Å²) in [6.07, 6.45) is 2.56. The average molecular weight is 314 g/mol. The number of halogens is 2. The van der Waals surface area contributed by atoms with Crippen molar-refractivity contribution in [2.24, 2.45) is 11.8 Å². The highest BCUT2D eigenvalue weighted by molar-refractivity contribution is 7.99. The zero-order chi connectivity index (χ0) is 14.9. The van der Waals surface area contributed by atoms with Gasteiger partial charge in [0.25, 0.3) is 0 Å². The summed E-state index contributed by atoms with van der Waals surface area (Å²) >= 11 is 1.88. The summed E-state index contributed by atoms with van der Waals surface area (Å²) in [6.45, 7) is 0.624. The summed E-state index contributed by atoms with van der Waals surface area (Å²) in [5.74, 6) is 6.67. The van der Waals surface area contributed by atoms with E-state index in [1.165, 1.54) is 18.2 Å². The van der Waals surface area contributed by atoms with Crippen molar-refractivity contribution in [1.82, 2.24) is 5.43 Å². The van der Waals surface area contributed by atoms with Crippen LogP contribution in [0.3, 0.4) is 0 Å². The molecule has 2 aliphatic rings. The van der Waals surface area contributed by atoms with Crippen LogP contribution in [-0.4, -0.2) is 23.7 Å². The second kappa shape index (κ2) is 6.20. The highest BCUT2D eigenvalue weighted by atomic mass is 32.2. The Morgan fingerprint density at radius 3 is 2.76 bits per heavy atom. The van der Waals surface area contributed by atoms with Crippen molar-refractivity contribution >= 4 is 11.8 Å². The first-order valence-electron chi connectivity index (χ1n) is 7.27. The Bertz CT molecular complexity index is 488. The van der Waals surface area contributed by atoms with Crippen molar-refractivity contribution < 1.29 is 13.5 Å². The van der Waals surface area contributed by atoms with E-state index in [1.807, 2.05) is 11.8 Å². The van der Waals surface area contributed by atoms with Crippen LogP contribution in [0.2, 0.25) is 0 Å². The molecule has 3 N–H and O–H groups in total. The molecule has 2 fully saturated rings. The van der Waals surface area contributed by atoms with Gasteiger partial charge in [0, 0.05) is 17.9 Å². The molecule has 3 atom stereocenters. The molecule has 2 saturated heterocycles. The molecule has 0 bridgehead atoms. The van der Waals surface area contributed by atoms with Gasteiger partial charge in [-0.05, 0) is 43.1 Å². The fourth-order valence-corrected chi connectivity index (χ4v) is 4.85. The number of ether oxygens (including phenoxy) is 1. The van der Waals surface area contributed by atoms with Crippen molar-refractivity contribution in [3.8, 4) is 0 Å². The Kier molecular flexibility index (Phi) is 4.49. The number of rotatable bonds is 3. The van der Waals surface area contributed by atoms with Gasteiger partial charge in [0.2, 0.25) is 0 Å². The van der Waals surface area contributed by atoms with Crippen LogP contribution >= 0.6 is 11.8 Å². The molecule has 0 aliphatic carbocycles. The topological polar surface area (TPSA) is 47.3 Å². The van der Waals surface area contributed by atoms with Crippen LogP contribution in [0, 0.1) is 17.6 Å². The summed E-state index contributed by atoms with van der Waals surface area (Å²) < 4.78 is 34.1. The van der Waals surface area contributed by atoms with E-state index in [-0.39, 0.29) is 17.1 Å². The normalized spacial score (nSPS) is 30.7.